The maximum Gasteiger partial charge on any atom is 0.255 e. The maximum atomic E-state index is 12.7. The molecule has 6 heteroatoms. The van der Waals surface area contributed by atoms with Crippen molar-refractivity contribution in [2.75, 3.05) is 18.5 Å². The molecule has 2 heterocycles. The van der Waals surface area contributed by atoms with E-state index < -0.39 is 0 Å². The molecule has 4 rings (SSSR count). The van der Waals surface area contributed by atoms with Gasteiger partial charge in [-0.2, -0.15) is 0 Å². The molecule has 1 aliphatic heterocycles. The summed E-state index contributed by atoms with van der Waals surface area (Å²) in [6.45, 7) is 1.95. The first-order chi connectivity index (χ1) is 13.7. The van der Waals surface area contributed by atoms with Crippen LogP contribution >= 0.6 is 11.3 Å². The molecule has 0 saturated heterocycles. The third-order valence-electron chi connectivity index (χ3n) is 4.94. The molecule has 0 fully saturated rings. The number of para-hydroxylation sites is 1. The second-order valence-corrected chi connectivity index (χ2v) is 7.65. The van der Waals surface area contributed by atoms with Gasteiger partial charge in [-0.15, -0.1) is 11.3 Å². The highest BCUT2D eigenvalue weighted by Gasteiger charge is 2.15. The van der Waals surface area contributed by atoms with Crippen LogP contribution in [0.4, 0.5) is 5.69 Å². The summed E-state index contributed by atoms with van der Waals surface area (Å²) in [7, 11) is 2.13. The van der Waals surface area contributed by atoms with Crippen LogP contribution in [-0.4, -0.2) is 24.5 Å². The highest BCUT2D eigenvalue weighted by molar-refractivity contribution is 7.07. The van der Waals surface area contributed by atoms with E-state index in [0.717, 1.165) is 24.2 Å². The summed E-state index contributed by atoms with van der Waals surface area (Å²) >= 11 is 1.53. The third-order valence-corrected chi connectivity index (χ3v) is 5.57. The molecule has 0 atom stereocenters. The minimum absolute atomic E-state index is 0.135. The molecule has 0 radical (unpaired) electrons. The zero-order chi connectivity index (χ0) is 19.3. The van der Waals surface area contributed by atoms with Gasteiger partial charge in [-0.1, -0.05) is 24.3 Å². The van der Waals surface area contributed by atoms with Gasteiger partial charge in [0.25, 0.3) is 5.91 Å². The molecule has 0 spiro atoms. The van der Waals surface area contributed by atoms with Crippen molar-refractivity contribution in [1.82, 2.24) is 10.3 Å². The summed E-state index contributed by atoms with van der Waals surface area (Å²) in [4.78, 5) is 19.2. The van der Waals surface area contributed by atoms with Crippen LogP contribution in [0, 0.1) is 0 Å². The second kappa shape index (κ2) is 8.44. The van der Waals surface area contributed by atoms with Crippen molar-refractivity contribution in [1.29, 1.82) is 0 Å². The first kappa shape index (κ1) is 18.5. The van der Waals surface area contributed by atoms with Crippen LogP contribution in [0.1, 0.15) is 33.6 Å². The number of fused-ring (bicyclic) bond motifs is 1. The van der Waals surface area contributed by atoms with Gasteiger partial charge in [0.2, 0.25) is 0 Å². The molecule has 5 nitrogen and oxygen atoms in total. The van der Waals surface area contributed by atoms with E-state index in [2.05, 4.69) is 40.4 Å². The van der Waals surface area contributed by atoms with E-state index in [4.69, 9.17) is 4.74 Å². The van der Waals surface area contributed by atoms with Crippen molar-refractivity contribution < 1.29 is 9.53 Å². The lowest BCUT2D eigenvalue weighted by molar-refractivity contribution is 0.0946. The largest absolute Gasteiger partial charge is 0.486 e. The number of benzene rings is 2. The Morgan fingerprint density at radius 2 is 2.18 bits per heavy atom. The Hall–Kier alpha value is -2.86. The number of rotatable bonds is 6. The van der Waals surface area contributed by atoms with Crippen LogP contribution in [0.15, 0.2) is 53.4 Å². The molecule has 0 saturated carbocycles. The predicted octanol–water partition coefficient (Wildman–Crippen LogP) is 4.03. The molecule has 0 aliphatic carbocycles. The molecule has 1 aromatic heterocycles. The summed E-state index contributed by atoms with van der Waals surface area (Å²) in [6.07, 6.45) is 2.26. The van der Waals surface area contributed by atoms with Gasteiger partial charge in [0, 0.05) is 31.2 Å². The zero-order valence-electron chi connectivity index (χ0n) is 15.9. The minimum Gasteiger partial charge on any atom is -0.486 e. The number of nitrogens with zero attached hydrogens (tertiary/aromatic N) is 2. The fourth-order valence-corrected chi connectivity index (χ4v) is 4.01. The highest BCUT2D eigenvalue weighted by atomic mass is 32.1. The van der Waals surface area contributed by atoms with Crippen molar-refractivity contribution >= 4 is 22.9 Å². The number of amides is 1. The molecule has 1 aliphatic rings. The van der Waals surface area contributed by atoms with Crippen LogP contribution in [0.3, 0.4) is 0 Å². The maximum absolute atomic E-state index is 12.7. The van der Waals surface area contributed by atoms with Crippen LogP contribution < -0.4 is 15.0 Å². The summed E-state index contributed by atoms with van der Waals surface area (Å²) in [5.74, 6) is 0.434. The number of hydrogen-bond acceptors (Lipinski definition) is 5. The second-order valence-electron chi connectivity index (χ2n) is 6.94. The Morgan fingerprint density at radius 3 is 3.04 bits per heavy atom. The van der Waals surface area contributed by atoms with Crippen LogP contribution in [-0.2, 0) is 19.6 Å². The number of aryl methyl sites for hydroxylation is 1. The number of carbonyl (C=O) groups is 1. The summed E-state index contributed by atoms with van der Waals surface area (Å²) in [5, 5.41) is 4.96. The first-order valence-electron chi connectivity index (χ1n) is 9.41. The third kappa shape index (κ3) is 4.17. The molecular formula is C22H23N3O2S. The van der Waals surface area contributed by atoms with Gasteiger partial charge in [0.15, 0.2) is 0 Å². The van der Waals surface area contributed by atoms with E-state index in [9.17, 15) is 4.79 Å². The predicted molar refractivity (Wildman–Crippen MR) is 112 cm³/mol. The Kier molecular flexibility index (Phi) is 5.58. The lowest BCUT2D eigenvalue weighted by atomic mass is 9.99. The molecule has 1 amide bonds. The van der Waals surface area contributed by atoms with Gasteiger partial charge in [0.1, 0.15) is 12.4 Å². The fourth-order valence-electron chi connectivity index (χ4n) is 3.47. The summed E-state index contributed by atoms with van der Waals surface area (Å²) in [5.41, 5.74) is 6.93. The van der Waals surface area contributed by atoms with E-state index in [1.54, 1.807) is 11.6 Å². The first-order valence-corrected chi connectivity index (χ1v) is 10.3. The Bertz CT molecular complexity index is 956. The minimum atomic E-state index is -0.135. The molecule has 144 valence electrons. The highest BCUT2D eigenvalue weighted by Crippen LogP contribution is 2.27. The number of ether oxygens (including phenoxy) is 1. The molecule has 28 heavy (non-hydrogen) atoms. The zero-order valence-corrected chi connectivity index (χ0v) is 16.7. The number of nitrogens with one attached hydrogen (secondary N) is 1. The smallest absolute Gasteiger partial charge is 0.255 e. The van der Waals surface area contributed by atoms with E-state index in [0.29, 0.717) is 24.5 Å². The van der Waals surface area contributed by atoms with Crippen molar-refractivity contribution in [2.45, 2.75) is 26.0 Å². The number of carbonyl (C=O) groups excluding carboxylic acids is 1. The van der Waals surface area contributed by atoms with Crippen molar-refractivity contribution in [3.8, 4) is 5.75 Å². The molecule has 0 unspecified atom stereocenters. The van der Waals surface area contributed by atoms with Crippen LogP contribution in [0.2, 0.25) is 0 Å². The van der Waals surface area contributed by atoms with Gasteiger partial charge in [-0.3, -0.25) is 4.79 Å². The Morgan fingerprint density at radius 1 is 1.29 bits per heavy atom. The van der Waals surface area contributed by atoms with Gasteiger partial charge in [-0.25, -0.2) is 4.98 Å². The SMILES string of the molecule is CN1CCCc2cc(CNC(=O)c3ccccc3OCc3cscn3)ccc21. The van der Waals surface area contributed by atoms with Gasteiger partial charge >= 0.3 is 0 Å². The van der Waals surface area contributed by atoms with E-state index in [1.807, 2.05) is 23.6 Å². The molecule has 0 bridgehead atoms. The summed E-state index contributed by atoms with van der Waals surface area (Å²) < 4.78 is 5.82. The quantitative estimate of drug-likeness (QED) is 0.687. The molecule has 3 aromatic rings. The molecular weight excluding hydrogens is 370 g/mol. The van der Waals surface area contributed by atoms with Crippen LogP contribution in [0.25, 0.3) is 0 Å². The lowest BCUT2D eigenvalue weighted by Gasteiger charge is -2.27. The number of hydrogen-bond donors (Lipinski definition) is 1. The molecule has 2 aromatic carbocycles. The monoisotopic (exact) mass is 393 g/mol. The van der Waals surface area contributed by atoms with Gasteiger partial charge < -0.3 is 15.0 Å². The fraction of sp³-hybridized carbons (Fsp3) is 0.273. The number of aromatic nitrogens is 1. The van der Waals surface area contributed by atoms with Gasteiger partial charge in [0.05, 0.1) is 16.8 Å². The lowest BCUT2D eigenvalue weighted by Crippen LogP contribution is -2.26. The van der Waals surface area contributed by atoms with Gasteiger partial charge in [-0.05, 0) is 42.2 Å². The Balaban J connectivity index is 1.41. The average molecular weight is 394 g/mol. The standard InChI is InChI=1S/C22H23N3O2S/c1-25-10-4-5-17-11-16(8-9-20(17)25)12-23-22(26)19-6-2-3-7-21(19)27-13-18-14-28-15-24-18/h2-3,6-9,11,14-15H,4-5,10,12-13H2,1H3,(H,23,26). The van der Waals surface area contributed by atoms with E-state index in [1.165, 1.54) is 29.0 Å². The van der Waals surface area contributed by atoms with E-state index in [-0.39, 0.29) is 5.91 Å². The van der Waals surface area contributed by atoms with Crippen molar-refractivity contribution in [3.05, 3.63) is 75.7 Å². The molecule has 1 N–H and O–H groups in total. The Labute approximate surface area is 169 Å². The summed E-state index contributed by atoms with van der Waals surface area (Å²) in [6, 6.07) is 13.8. The topological polar surface area (TPSA) is 54.5 Å². The number of anilines is 1. The number of thiazole rings is 1. The van der Waals surface area contributed by atoms with E-state index >= 15 is 0 Å². The van der Waals surface area contributed by atoms with Crippen molar-refractivity contribution in [3.63, 3.8) is 0 Å². The van der Waals surface area contributed by atoms with Crippen LogP contribution in [0.5, 0.6) is 5.75 Å². The normalized spacial score (nSPS) is 13.1. The van der Waals surface area contributed by atoms with Crippen molar-refractivity contribution in [2.24, 2.45) is 0 Å². The average Bonchev–Trinajstić information content (AvgIpc) is 3.24.